The summed E-state index contributed by atoms with van der Waals surface area (Å²) in [5.74, 6) is 0.396. The minimum absolute atomic E-state index is 0.0542. The molecule has 0 spiro atoms. The average Bonchev–Trinajstić information content (AvgIpc) is 2.48. The molecule has 1 atom stereocenters. The fraction of sp³-hybridized carbons (Fsp3) is 0.700. The van der Waals surface area contributed by atoms with Crippen LogP contribution in [0.15, 0.2) is 12.4 Å². The van der Waals surface area contributed by atoms with E-state index in [1.54, 1.807) is 24.0 Å². The van der Waals surface area contributed by atoms with Crippen LogP contribution in [0.4, 0.5) is 4.39 Å². The molecule has 2 N–H and O–H groups in total. The molecule has 0 aliphatic heterocycles. The smallest absolute Gasteiger partial charge is 0.185 e. The number of nitrogens with zero attached hydrogens (tertiary/aromatic N) is 2. The van der Waals surface area contributed by atoms with E-state index < -0.39 is 11.1 Å². The molecule has 1 heterocycles. The molecule has 1 rings (SSSR count). The van der Waals surface area contributed by atoms with Gasteiger partial charge in [0.15, 0.2) is 5.67 Å². The molecule has 4 heteroatoms. The summed E-state index contributed by atoms with van der Waals surface area (Å²) in [7, 11) is 1.78. The second-order valence-corrected chi connectivity index (χ2v) is 4.62. The molecule has 0 bridgehead atoms. The zero-order valence-electron chi connectivity index (χ0n) is 9.21. The fourth-order valence-corrected chi connectivity index (χ4v) is 1.48. The van der Waals surface area contributed by atoms with Gasteiger partial charge in [-0.05, 0) is 0 Å². The van der Waals surface area contributed by atoms with Crippen molar-refractivity contribution in [2.75, 3.05) is 6.54 Å². The van der Waals surface area contributed by atoms with Crippen LogP contribution in [0.1, 0.15) is 26.6 Å². The highest BCUT2D eigenvalue weighted by atomic mass is 19.1. The highest BCUT2D eigenvalue weighted by molar-refractivity contribution is 5.10. The zero-order valence-corrected chi connectivity index (χ0v) is 9.21. The van der Waals surface area contributed by atoms with Gasteiger partial charge in [0.25, 0.3) is 0 Å². The normalized spacial score (nSPS) is 16.7. The van der Waals surface area contributed by atoms with Gasteiger partial charge in [0.05, 0.1) is 0 Å². The summed E-state index contributed by atoms with van der Waals surface area (Å²) in [6.45, 7) is 5.43. The summed E-state index contributed by atoms with van der Waals surface area (Å²) in [5, 5.41) is 0. The van der Waals surface area contributed by atoms with Gasteiger partial charge in [-0.2, -0.15) is 0 Å². The van der Waals surface area contributed by atoms with E-state index in [4.69, 9.17) is 5.73 Å². The second-order valence-electron chi connectivity index (χ2n) is 4.62. The Hall–Kier alpha value is -0.900. The van der Waals surface area contributed by atoms with E-state index in [2.05, 4.69) is 4.98 Å². The predicted molar refractivity (Wildman–Crippen MR) is 54.5 cm³/mol. The van der Waals surface area contributed by atoms with Gasteiger partial charge in [-0.3, -0.25) is 0 Å². The van der Waals surface area contributed by atoms with Gasteiger partial charge in [-0.25, -0.2) is 9.37 Å². The van der Waals surface area contributed by atoms with Crippen molar-refractivity contribution in [3.05, 3.63) is 18.2 Å². The lowest BCUT2D eigenvalue weighted by molar-refractivity contribution is 0.0227. The molecule has 0 aromatic carbocycles. The Morgan fingerprint density at radius 3 is 2.36 bits per heavy atom. The van der Waals surface area contributed by atoms with Crippen molar-refractivity contribution in [2.24, 2.45) is 18.2 Å². The van der Waals surface area contributed by atoms with Crippen LogP contribution in [0.25, 0.3) is 0 Å². The van der Waals surface area contributed by atoms with Crippen LogP contribution in [-0.4, -0.2) is 16.1 Å². The number of halogens is 1. The van der Waals surface area contributed by atoms with E-state index in [0.29, 0.717) is 5.82 Å². The summed E-state index contributed by atoms with van der Waals surface area (Å²) < 4.78 is 16.3. The number of hydrogen-bond donors (Lipinski definition) is 1. The van der Waals surface area contributed by atoms with Crippen LogP contribution in [-0.2, 0) is 12.7 Å². The molecule has 14 heavy (non-hydrogen) atoms. The molecule has 0 aliphatic rings. The third kappa shape index (κ3) is 1.54. The molecule has 0 amide bonds. The molecule has 1 unspecified atom stereocenters. The molecule has 3 nitrogen and oxygen atoms in total. The van der Waals surface area contributed by atoms with Crippen molar-refractivity contribution < 1.29 is 4.39 Å². The van der Waals surface area contributed by atoms with Crippen molar-refractivity contribution in [1.82, 2.24) is 9.55 Å². The summed E-state index contributed by atoms with van der Waals surface area (Å²) in [6, 6.07) is 0. The maximum Gasteiger partial charge on any atom is 0.185 e. The largest absolute Gasteiger partial charge is 0.335 e. The van der Waals surface area contributed by atoms with Crippen molar-refractivity contribution in [2.45, 2.75) is 26.4 Å². The van der Waals surface area contributed by atoms with Gasteiger partial charge in [0.2, 0.25) is 0 Å². The van der Waals surface area contributed by atoms with Crippen molar-refractivity contribution in [1.29, 1.82) is 0 Å². The van der Waals surface area contributed by atoms with Crippen molar-refractivity contribution >= 4 is 0 Å². The first-order valence-corrected chi connectivity index (χ1v) is 4.69. The van der Waals surface area contributed by atoms with Crippen LogP contribution in [0, 0.1) is 5.41 Å². The first-order chi connectivity index (χ1) is 6.33. The van der Waals surface area contributed by atoms with Gasteiger partial charge < -0.3 is 10.3 Å². The van der Waals surface area contributed by atoms with Gasteiger partial charge in [-0.15, -0.1) is 0 Å². The lowest BCUT2D eigenvalue weighted by atomic mass is 9.77. The van der Waals surface area contributed by atoms with E-state index in [0.717, 1.165) is 0 Å². The van der Waals surface area contributed by atoms with Gasteiger partial charge in [-0.1, -0.05) is 20.8 Å². The van der Waals surface area contributed by atoms with E-state index in [1.807, 2.05) is 20.8 Å². The predicted octanol–water partition coefficient (Wildman–Crippen LogP) is 1.59. The van der Waals surface area contributed by atoms with E-state index in [9.17, 15) is 4.39 Å². The van der Waals surface area contributed by atoms with E-state index >= 15 is 0 Å². The quantitative estimate of drug-likeness (QED) is 0.786. The average molecular weight is 199 g/mol. The Labute approximate surface area is 84.1 Å². The molecule has 1 aromatic heterocycles. The van der Waals surface area contributed by atoms with E-state index in [1.165, 1.54) is 0 Å². The minimum Gasteiger partial charge on any atom is -0.335 e. The third-order valence-electron chi connectivity index (χ3n) is 2.65. The van der Waals surface area contributed by atoms with Crippen LogP contribution in [0.2, 0.25) is 0 Å². The molecule has 0 aliphatic carbocycles. The standard InChI is InChI=1S/C10H18FN3/c1-9(2,3)10(11,7-12)8-13-5-6-14(8)4/h5-6H,7,12H2,1-4H3. The summed E-state index contributed by atoms with van der Waals surface area (Å²) >= 11 is 0. The number of imidazole rings is 1. The molecular weight excluding hydrogens is 181 g/mol. The van der Waals surface area contributed by atoms with Gasteiger partial charge >= 0.3 is 0 Å². The molecule has 0 radical (unpaired) electrons. The molecular formula is C10H18FN3. The SMILES string of the molecule is Cn1ccnc1C(F)(CN)C(C)(C)C. The maximum absolute atomic E-state index is 14.6. The molecule has 0 fully saturated rings. The highest BCUT2D eigenvalue weighted by Crippen LogP contribution is 2.41. The maximum atomic E-state index is 14.6. The number of rotatable bonds is 2. The summed E-state index contributed by atoms with van der Waals surface area (Å²) in [5.41, 5.74) is 3.39. The Bertz CT molecular complexity index is 313. The first kappa shape index (κ1) is 11.2. The number of aryl methyl sites for hydroxylation is 1. The van der Waals surface area contributed by atoms with Crippen molar-refractivity contribution in [3.63, 3.8) is 0 Å². The lowest BCUT2D eigenvalue weighted by Gasteiger charge is -2.36. The highest BCUT2D eigenvalue weighted by Gasteiger charge is 2.45. The lowest BCUT2D eigenvalue weighted by Crippen LogP contribution is -2.44. The van der Waals surface area contributed by atoms with E-state index in [-0.39, 0.29) is 6.54 Å². The van der Waals surface area contributed by atoms with Crippen LogP contribution in [0.3, 0.4) is 0 Å². The van der Waals surface area contributed by atoms with Crippen LogP contribution < -0.4 is 5.73 Å². The minimum atomic E-state index is -1.58. The monoisotopic (exact) mass is 199 g/mol. The Balaban J connectivity index is 3.22. The molecule has 0 saturated carbocycles. The number of alkyl halides is 1. The van der Waals surface area contributed by atoms with Gasteiger partial charge in [0.1, 0.15) is 5.82 Å². The third-order valence-corrected chi connectivity index (χ3v) is 2.65. The molecule has 0 saturated heterocycles. The summed E-state index contributed by atoms with van der Waals surface area (Å²) in [4.78, 5) is 4.03. The number of nitrogens with two attached hydrogens (primary N) is 1. The number of aromatic nitrogens is 2. The molecule has 80 valence electrons. The second kappa shape index (κ2) is 3.35. The Morgan fingerprint density at radius 1 is 1.50 bits per heavy atom. The Kier molecular flexibility index (Phi) is 2.67. The first-order valence-electron chi connectivity index (χ1n) is 4.69. The Morgan fingerprint density at radius 2 is 2.07 bits per heavy atom. The number of hydrogen-bond acceptors (Lipinski definition) is 2. The topological polar surface area (TPSA) is 43.8 Å². The fourth-order valence-electron chi connectivity index (χ4n) is 1.48. The van der Waals surface area contributed by atoms with Crippen LogP contribution in [0.5, 0.6) is 0 Å². The van der Waals surface area contributed by atoms with Gasteiger partial charge in [0, 0.05) is 31.4 Å². The van der Waals surface area contributed by atoms with Crippen LogP contribution >= 0.6 is 0 Å². The summed E-state index contributed by atoms with van der Waals surface area (Å²) in [6.07, 6.45) is 3.32. The van der Waals surface area contributed by atoms with Crippen molar-refractivity contribution in [3.8, 4) is 0 Å². The zero-order chi connectivity index (χ0) is 11.0. The molecule has 1 aromatic rings.